The summed E-state index contributed by atoms with van der Waals surface area (Å²) in [5.41, 5.74) is 5.64. The monoisotopic (exact) mass is 413 g/mol. The number of aromatic nitrogens is 7. The van der Waals surface area contributed by atoms with Crippen LogP contribution in [0, 0.1) is 5.82 Å². The molecule has 6 aromatic rings. The summed E-state index contributed by atoms with van der Waals surface area (Å²) in [6, 6.07) is 7.06. The van der Waals surface area contributed by atoms with Gasteiger partial charge in [-0.25, -0.2) is 19.3 Å². The molecule has 0 aliphatic carbocycles. The van der Waals surface area contributed by atoms with Gasteiger partial charge in [-0.15, -0.1) is 0 Å². The molecule has 0 saturated carbocycles. The van der Waals surface area contributed by atoms with Crippen molar-refractivity contribution < 1.29 is 4.39 Å². The van der Waals surface area contributed by atoms with Crippen LogP contribution in [-0.2, 0) is 0 Å². The van der Waals surface area contributed by atoms with Crippen molar-refractivity contribution >= 4 is 33.3 Å². The van der Waals surface area contributed by atoms with Crippen molar-refractivity contribution in [3.63, 3.8) is 0 Å². The molecule has 0 spiro atoms. The van der Waals surface area contributed by atoms with Gasteiger partial charge >= 0.3 is 0 Å². The molecule has 30 heavy (non-hydrogen) atoms. The summed E-state index contributed by atoms with van der Waals surface area (Å²) in [6.45, 7) is 0. The van der Waals surface area contributed by atoms with Gasteiger partial charge in [0.25, 0.3) is 0 Å². The first-order chi connectivity index (χ1) is 14.8. The molecule has 0 bridgehead atoms. The predicted molar refractivity (Wildman–Crippen MR) is 113 cm³/mol. The minimum absolute atomic E-state index is 0.374. The van der Waals surface area contributed by atoms with Gasteiger partial charge in [0, 0.05) is 52.1 Å². The number of H-pyrrole nitrogens is 2. The smallest absolute Gasteiger partial charge is 0.159 e. The number of nitrogens with zero attached hydrogens (tertiary/aromatic N) is 5. The highest BCUT2D eigenvalue weighted by Crippen LogP contribution is 2.33. The average molecular weight is 413 g/mol. The zero-order chi connectivity index (χ0) is 20.1. The van der Waals surface area contributed by atoms with E-state index >= 15 is 0 Å². The first-order valence-corrected chi connectivity index (χ1v) is 10.0. The summed E-state index contributed by atoms with van der Waals surface area (Å²) in [5, 5.41) is 12.1. The van der Waals surface area contributed by atoms with E-state index < -0.39 is 0 Å². The number of hydrogen-bond acceptors (Lipinski definition) is 6. The van der Waals surface area contributed by atoms with Crippen LogP contribution in [0.1, 0.15) is 0 Å². The largest absolute Gasteiger partial charge is 0.336 e. The molecule has 0 atom stereocenters. The fourth-order valence-electron chi connectivity index (χ4n) is 3.54. The molecule has 2 N–H and O–H groups in total. The van der Waals surface area contributed by atoms with E-state index in [1.165, 1.54) is 12.4 Å². The van der Waals surface area contributed by atoms with Crippen molar-refractivity contribution in [3.8, 4) is 33.9 Å². The minimum atomic E-state index is -0.374. The lowest BCUT2D eigenvalue weighted by atomic mass is 10.0. The number of rotatable bonds is 3. The average Bonchev–Trinajstić information content (AvgIpc) is 3.52. The molecule has 0 radical (unpaired) electrons. The molecule has 6 rings (SSSR count). The van der Waals surface area contributed by atoms with E-state index in [4.69, 9.17) is 4.98 Å². The van der Waals surface area contributed by atoms with Crippen molar-refractivity contribution in [1.29, 1.82) is 0 Å². The summed E-state index contributed by atoms with van der Waals surface area (Å²) in [4.78, 5) is 20.6. The molecule has 0 unspecified atom stereocenters. The summed E-state index contributed by atoms with van der Waals surface area (Å²) in [5.74, 6) is 0.212. The molecular formula is C21H12FN7S. The van der Waals surface area contributed by atoms with Gasteiger partial charge in [0.15, 0.2) is 5.82 Å². The highest BCUT2D eigenvalue weighted by molar-refractivity contribution is 7.08. The Morgan fingerprint density at radius 2 is 1.87 bits per heavy atom. The number of hydrogen-bond donors (Lipinski definition) is 2. The van der Waals surface area contributed by atoms with Crippen LogP contribution in [0.3, 0.4) is 0 Å². The molecule has 0 fully saturated rings. The first kappa shape index (κ1) is 16.9. The molecular weight excluding hydrogens is 401 g/mol. The van der Waals surface area contributed by atoms with Crippen molar-refractivity contribution in [3.05, 3.63) is 65.8 Å². The Labute approximate surface area is 172 Å². The van der Waals surface area contributed by atoms with Crippen molar-refractivity contribution in [2.45, 2.75) is 0 Å². The Kier molecular flexibility index (Phi) is 3.68. The minimum Gasteiger partial charge on any atom is -0.336 e. The van der Waals surface area contributed by atoms with Gasteiger partial charge in [0.05, 0.1) is 16.7 Å². The summed E-state index contributed by atoms with van der Waals surface area (Å²) < 4.78 is 14.7. The van der Waals surface area contributed by atoms with E-state index in [1.54, 1.807) is 36.0 Å². The maximum Gasteiger partial charge on any atom is 0.159 e. The van der Waals surface area contributed by atoms with Crippen LogP contribution >= 0.6 is 11.3 Å². The van der Waals surface area contributed by atoms with Gasteiger partial charge in [-0.3, -0.25) is 10.1 Å². The molecule has 5 heterocycles. The second-order valence-corrected chi connectivity index (χ2v) is 7.51. The summed E-state index contributed by atoms with van der Waals surface area (Å²) in [7, 11) is 0. The molecule has 0 saturated heterocycles. The molecule has 9 heteroatoms. The topological polar surface area (TPSA) is 96.0 Å². The van der Waals surface area contributed by atoms with Crippen LogP contribution in [0.4, 0.5) is 4.39 Å². The van der Waals surface area contributed by atoms with Crippen LogP contribution in [0.15, 0.2) is 59.9 Å². The van der Waals surface area contributed by atoms with Gasteiger partial charge in [0.1, 0.15) is 23.4 Å². The van der Waals surface area contributed by atoms with Gasteiger partial charge < -0.3 is 4.98 Å². The van der Waals surface area contributed by atoms with E-state index in [-0.39, 0.29) is 5.82 Å². The third-order valence-electron chi connectivity index (χ3n) is 4.94. The van der Waals surface area contributed by atoms with Gasteiger partial charge in [-0.2, -0.15) is 16.4 Å². The molecule has 5 aromatic heterocycles. The number of imidazole rings is 1. The molecule has 7 nitrogen and oxygen atoms in total. The maximum atomic E-state index is 14.7. The molecule has 1 aromatic carbocycles. The van der Waals surface area contributed by atoms with Gasteiger partial charge in [-0.1, -0.05) is 0 Å². The third kappa shape index (κ3) is 2.60. The summed E-state index contributed by atoms with van der Waals surface area (Å²) >= 11 is 1.61. The normalized spacial score (nSPS) is 11.5. The van der Waals surface area contributed by atoms with Crippen molar-refractivity contribution in [1.82, 2.24) is 35.1 Å². The van der Waals surface area contributed by atoms with E-state index in [2.05, 4.69) is 30.1 Å². The van der Waals surface area contributed by atoms with Gasteiger partial charge in [0.2, 0.25) is 0 Å². The number of pyridine rings is 1. The van der Waals surface area contributed by atoms with E-state index in [0.717, 1.165) is 27.7 Å². The lowest BCUT2D eigenvalue weighted by Gasteiger charge is -2.03. The zero-order valence-electron chi connectivity index (χ0n) is 15.3. The van der Waals surface area contributed by atoms with Gasteiger partial charge in [-0.05, 0) is 23.6 Å². The van der Waals surface area contributed by atoms with Crippen LogP contribution in [-0.4, -0.2) is 35.1 Å². The molecule has 144 valence electrons. The van der Waals surface area contributed by atoms with Crippen LogP contribution in [0.25, 0.3) is 55.8 Å². The quantitative estimate of drug-likeness (QED) is 0.433. The number of aromatic amines is 2. The first-order valence-electron chi connectivity index (χ1n) is 9.08. The Bertz CT molecular complexity index is 1500. The molecule has 0 amide bonds. The van der Waals surface area contributed by atoms with Crippen LogP contribution in [0.5, 0.6) is 0 Å². The number of fused-ring (bicyclic) bond motifs is 2. The molecule has 0 aliphatic rings. The van der Waals surface area contributed by atoms with Crippen LogP contribution in [0.2, 0.25) is 0 Å². The third-order valence-corrected chi connectivity index (χ3v) is 5.63. The van der Waals surface area contributed by atoms with E-state index in [1.807, 2.05) is 22.9 Å². The highest BCUT2D eigenvalue weighted by Gasteiger charge is 2.18. The van der Waals surface area contributed by atoms with E-state index in [0.29, 0.717) is 28.2 Å². The second kappa shape index (κ2) is 6.53. The zero-order valence-corrected chi connectivity index (χ0v) is 16.1. The number of thiophene rings is 1. The highest BCUT2D eigenvalue weighted by atomic mass is 32.1. The molecule has 0 aliphatic heterocycles. The predicted octanol–water partition coefficient (Wildman–Crippen LogP) is 4.83. The summed E-state index contributed by atoms with van der Waals surface area (Å²) in [6.07, 6.45) is 6.33. The SMILES string of the molecule is Fc1cc2[nH]nc(-c3nc4c(-c5ccsc5)nccc4[nH]3)c2cc1-c1cncnc1. The Hall–Kier alpha value is -3.98. The van der Waals surface area contributed by atoms with E-state index in [9.17, 15) is 4.39 Å². The van der Waals surface area contributed by atoms with Crippen molar-refractivity contribution in [2.75, 3.05) is 0 Å². The van der Waals surface area contributed by atoms with Crippen LogP contribution < -0.4 is 0 Å². The lowest BCUT2D eigenvalue weighted by Crippen LogP contribution is -1.88. The Morgan fingerprint density at radius 1 is 0.967 bits per heavy atom. The number of nitrogens with one attached hydrogen (secondary N) is 2. The fraction of sp³-hybridized carbons (Fsp3) is 0. The number of benzene rings is 1. The van der Waals surface area contributed by atoms with Crippen molar-refractivity contribution in [2.24, 2.45) is 0 Å². The Balaban J connectivity index is 1.55. The standard InChI is InChI=1S/C21H12FN7S/c22-15-6-17-14(5-13(15)12-7-23-10-24-8-12)19(29-28-17)21-26-16-1-3-25-18(20(16)27-21)11-2-4-30-9-11/h1-10H,(H,26,27)(H,28,29). The number of halogens is 1. The second-order valence-electron chi connectivity index (χ2n) is 6.73. The fourth-order valence-corrected chi connectivity index (χ4v) is 4.18. The lowest BCUT2D eigenvalue weighted by molar-refractivity contribution is 0.632. The Morgan fingerprint density at radius 3 is 2.70 bits per heavy atom. The maximum absolute atomic E-state index is 14.7.